The average Bonchev–Trinajstić information content (AvgIpc) is 2.77. The minimum Gasteiger partial charge on any atom is -0.465 e. The fourth-order valence-electron chi connectivity index (χ4n) is 3.11. The molecule has 0 aromatic carbocycles. The van der Waals surface area contributed by atoms with E-state index in [-0.39, 0.29) is 22.9 Å². The van der Waals surface area contributed by atoms with Gasteiger partial charge in [0, 0.05) is 18.2 Å². The molecule has 114 valence electrons. The summed E-state index contributed by atoms with van der Waals surface area (Å²) in [7, 11) is -3.57. The van der Waals surface area contributed by atoms with Crippen LogP contribution in [-0.4, -0.2) is 14.5 Å². The lowest BCUT2D eigenvalue weighted by molar-refractivity contribution is 0.372. The summed E-state index contributed by atoms with van der Waals surface area (Å²) in [5, 5.41) is 0. The van der Waals surface area contributed by atoms with Crippen molar-refractivity contribution in [3.8, 4) is 0 Å². The van der Waals surface area contributed by atoms with Crippen molar-refractivity contribution >= 4 is 10.0 Å². The van der Waals surface area contributed by atoms with Crippen LogP contribution in [0.15, 0.2) is 9.31 Å². The third-order valence-corrected chi connectivity index (χ3v) is 5.80. The first-order valence-electron chi connectivity index (χ1n) is 6.97. The minimum atomic E-state index is -3.57. The van der Waals surface area contributed by atoms with E-state index in [0.717, 1.165) is 19.3 Å². The number of sulfonamides is 1. The van der Waals surface area contributed by atoms with Crippen LogP contribution in [0.2, 0.25) is 0 Å². The molecule has 0 bridgehead atoms. The maximum absolute atomic E-state index is 12.6. The zero-order chi connectivity index (χ0) is 15.1. The summed E-state index contributed by atoms with van der Waals surface area (Å²) in [5.41, 5.74) is 6.44. The maximum Gasteiger partial charge on any atom is 0.244 e. The van der Waals surface area contributed by atoms with Crippen LogP contribution < -0.4 is 10.5 Å². The molecule has 20 heavy (non-hydrogen) atoms. The molecule has 5 nitrogen and oxygen atoms in total. The number of nitrogens with one attached hydrogen (secondary N) is 1. The van der Waals surface area contributed by atoms with Gasteiger partial charge in [-0.05, 0) is 38.5 Å². The van der Waals surface area contributed by atoms with Crippen molar-refractivity contribution < 1.29 is 12.8 Å². The summed E-state index contributed by atoms with van der Waals surface area (Å²) >= 11 is 0. The molecular weight excluding hydrogens is 276 g/mol. The van der Waals surface area contributed by atoms with Crippen molar-refractivity contribution in [2.45, 2.75) is 64.4 Å². The predicted octanol–water partition coefficient (Wildman–Crippen LogP) is 2.21. The molecule has 6 heteroatoms. The summed E-state index contributed by atoms with van der Waals surface area (Å²) in [6.07, 6.45) is 2.77. The van der Waals surface area contributed by atoms with Crippen LogP contribution in [0.3, 0.4) is 0 Å². The number of furan rings is 1. The molecule has 1 heterocycles. The molecule has 1 atom stereocenters. The van der Waals surface area contributed by atoms with Crippen molar-refractivity contribution in [2.24, 2.45) is 11.1 Å². The van der Waals surface area contributed by atoms with E-state index in [9.17, 15) is 8.42 Å². The van der Waals surface area contributed by atoms with Crippen LogP contribution in [-0.2, 0) is 16.6 Å². The van der Waals surface area contributed by atoms with E-state index in [1.54, 1.807) is 13.8 Å². The van der Waals surface area contributed by atoms with E-state index in [1.165, 1.54) is 0 Å². The molecule has 0 radical (unpaired) electrons. The molecule has 1 aromatic rings. The Morgan fingerprint density at radius 1 is 1.35 bits per heavy atom. The maximum atomic E-state index is 12.6. The van der Waals surface area contributed by atoms with E-state index in [1.807, 2.05) is 0 Å². The smallest absolute Gasteiger partial charge is 0.244 e. The number of nitrogens with two attached hydrogens (primary N) is 1. The van der Waals surface area contributed by atoms with E-state index in [2.05, 4.69) is 18.6 Å². The van der Waals surface area contributed by atoms with Crippen LogP contribution in [0.4, 0.5) is 0 Å². The third-order valence-electron chi connectivity index (χ3n) is 4.09. The number of rotatable bonds is 4. The van der Waals surface area contributed by atoms with Gasteiger partial charge in [-0.1, -0.05) is 13.8 Å². The van der Waals surface area contributed by atoms with Gasteiger partial charge >= 0.3 is 0 Å². The summed E-state index contributed by atoms with van der Waals surface area (Å²) in [4.78, 5) is 0.224. The molecule has 1 fully saturated rings. The predicted molar refractivity (Wildman–Crippen MR) is 77.8 cm³/mol. The molecule has 2 rings (SSSR count). The molecule has 1 saturated carbocycles. The van der Waals surface area contributed by atoms with Crippen LogP contribution in [0.1, 0.15) is 50.2 Å². The van der Waals surface area contributed by atoms with Crippen molar-refractivity contribution in [3.63, 3.8) is 0 Å². The van der Waals surface area contributed by atoms with Gasteiger partial charge in [-0.3, -0.25) is 0 Å². The lowest BCUT2D eigenvalue weighted by Crippen LogP contribution is -2.34. The molecule has 1 aliphatic rings. The minimum absolute atomic E-state index is 0.00442. The Balaban J connectivity index is 2.28. The first-order chi connectivity index (χ1) is 9.16. The van der Waals surface area contributed by atoms with Gasteiger partial charge < -0.3 is 10.2 Å². The molecule has 0 amide bonds. The van der Waals surface area contributed by atoms with Crippen LogP contribution >= 0.6 is 0 Å². The number of hydrogen-bond acceptors (Lipinski definition) is 4. The van der Waals surface area contributed by atoms with Gasteiger partial charge in [0.15, 0.2) is 0 Å². The zero-order valence-electron chi connectivity index (χ0n) is 12.6. The van der Waals surface area contributed by atoms with Gasteiger partial charge in [-0.25, -0.2) is 13.1 Å². The van der Waals surface area contributed by atoms with Crippen molar-refractivity contribution in [3.05, 3.63) is 17.1 Å². The molecule has 1 unspecified atom stereocenters. The Labute approximate surface area is 121 Å². The Morgan fingerprint density at radius 3 is 2.50 bits per heavy atom. The molecule has 0 spiro atoms. The zero-order valence-corrected chi connectivity index (χ0v) is 13.4. The Hall–Kier alpha value is -0.850. The van der Waals surface area contributed by atoms with Gasteiger partial charge in [0.1, 0.15) is 16.4 Å². The Bertz CT molecular complexity index is 602. The summed E-state index contributed by atoms with van der Waals surface area (Å²) < 4.78 is 33.4. The lowest BCUT2D eigenvalue weighted by atomic mass is 9.92. The highest BCUT2D eigenvalue weighted by Gasteiger charge is 2.35. The second kappa shape index (κ2) is 5.16. The van der Waals surface area contributed by atoms with Crippen LogP contribution in [0.25, 0.3) is 0 Å². The summed E-state index contributed by atoms with van der Waals surface area (Å²) in [5.74, 6) is 0.991. The topological polar surface area (TPSA) is 85.3 Å². The molecular formula is C14H24N2O3S. The quantitative estimate of drug-likeness (QED) is 0.892. The first-order valence-corrected chi connectivity index (χ1v) is 8.46. The monoisotopic (exact) mass is 300 g/mol. The van der Waals surface area contributed by atoms with Crippen molar-refractivity contribution in [2.75, 3.05) is 0 Å². The highest BCUT2D eigenvalue weighted by molar-refractivity contribution is 7.89. The SMILES string of the molecule is Cc1oc(C)c(S(=O)(=O)NC2CCC(C)(C)C2)c1CN. The van der Waals surface area contributed by atoms with Crippen LogP contribution in [0.5, 0.6) is 0 Å². The largest absolute Gasteiger partial charge is 0.465 e. The lowest BCUT2D eigenvalue weighted by Gasteiger charge is -2.18. The fourth-order valence-corrected chi connectivity index (χ4v) is 4.84. The average molecular weight is 300 g/mol. The fraction of sp³-hybridized carbons (Fsp3) is 0.714. The summed E-state index contributed by atoms with van der Waals surface area (Å²) in [6.45, 7) is 7.90. The molecule has 0 saturated heterocycles. The Morgan fingerprint density at radius 2 is 2.00 bits per heavy atom. The van der Waals surface area contributed by atoms with E-state index < -0.39 is 10.0 Å². The highest BCUT2D eigenvalue weighted by atomic mass is 32.2. The Kier molecular flexibility index (Phi) is 4.01. The molecule has 1 aliphatic carbocycles. The van der Waals surface area contributed by atoms with Gasteiger partial charge in [0.25, 0.3) is 0 Å². The van der Waals surface area contributed by atoms with E-state index in [0.29, 0.717) is 17.1 Å². The van der Waals surface area contributed by atoms with Gasteiger partial charge in [-0.2, -0.15) is 0 Å². The number of hydrogen-bond donors (Lipinski definition) is 2. The first kappa shape index (κ1) is 15.5. The van der Waals surface area contributed by atoms with Gasteiger partial charge in [0.05, 0.1) is 0 Å². The molecule has 3 N–H and O–H groups in total. The van der Waals surface area contributed by atoms with Gasteiger partial charge in [0.2, 0.25) is 10.0 Å². The molecule has 1 aromatic heterocycles. The van der Waals surface area contributed by atoms with Crippen molar-refractivity contribution in [1.82, 2.24) is 4.72 Å². The second-order valence-corrected chi connectivity index (χ2v) is 8.10. The standard InChI is InChI=1S/C14H24N2O3S/c1-9-12(8-15)13(10(2)19-9)20(17,18)16-11-5-6-14(3,4)7-11/h11,16H,5-8,15H2,1-4H3. The molecule has 0 aliphatic heterocycles. The van der Waals surface area contributed by atoms with E-state index >= 15 is 0 Å². The normalized spacial score (nSPS) is 22.4. The number of aryl methyl sites for hydroxylation is 2. The highest BCUT2D eigenvalue weighted by Crippen LogP contribution is 2.38. The van der Waals surface area contributed by atoms with Crippen LogP contribution in [0, 0.1) is 19.3 Å². The summed E-state index contributed by atoms with van der Waals surface area (Å²) in [6, 6.07) is -0.00442. The second-order valence-electron chi connectivity index (χ2n) is 6.45. The van der Waals surface area contributed by atoms with E-state index in [4.69, 9.17) is 10.2 Å². The van der Waals surface area contributed by atoms with Crippen molar-refractivity contribution in [1.29, 1.82) is 0 Å². The van der Waals surface area contributed by atoms with Gasteiger partial charge in [-0.15, -0.1) is 0 Å². The third kappa shape index (κ3) is 2.92.